The highest BCUT2D eigenvalue weighted by Crippen LogP contribution is 2.36. The molecule has 0 spiro atoms. The summed E-state index contributed by atoms with van der Waals surface area (Å²) in [6, 6.07) is 13.9. The minimum atomic E-state index is -4.52. The second kappa shape index (κ2) is 8.48. The molecule has 2 aromatic carbocycles. The molecule has 4 aliphatic heterocycles. The monoisotopic (exact) mass is 469 g/mol. The van der Waals surface area contributed by atoms with Crippen molar-refractivity contribution in [1.29, 1.82) is 0 Å². The van der Waals surface area contributed by atoms with Crippen molar-refractivity contribution in [1.82, 2.24) is 10.2 Å². The number of benzene rings is 2. The van der Waals surface area contributed by atoms with Gasteiger partial charge in [-0.2, -0.15) is 8.42 Å². The summed E-state index contributed by atoms with van der Waals surface area (Å²) in [6.07, 6.45) is 2.63. The quantitative estimate of drug-likeness (QED) is 0.650. The topological polar surface area (TPSA) is 99.2 Å². The molecular weight excluding hydrogens is 442 g/mol. The Balaban J connectivity index is 1.50. The zero-order valence-electron chi connectivity index (χ0n) is 18.3. The molecule has 174 valence electrons. The van der Waals surface area contributed by atoms with Crippen molar-refractivity contribution >= 4 is 27.5 Å². The molecule has 9 heteroatoms. The molecule has 8 nitrogen and oxygen atoms in total. The normalized spacial score (nSPS) is 26.6. The summed E-state index contributed by atoms with van der Waals surface area (Å²) in [5, 5.41) is 3.14. The van der Waals surface area contributed by atoms with E-state index in [1.807, 2.05) is 37.3 Å². The molecule has 2 N–H and O–H groups in total. The number of amides is 1. The lowest BCUT2D eigenvalue weighted by Gasteiger charge is -2.45. The van der Waals surface area contributed by atoms with Crippen LogP contribution < -0.4 is 10.2 Å². The second-order valence-corrected chi connectivity index (χ2v) is 10.3. The Hall–Kier alpha value is -2.88. The van der Waals surface area contributed by atoms with Gasteiger partial charge in [0, 0.05) is 18.2 Å². The Labute approximate surface area is 193 Å². The van der Waals surface area contributed by atoms with Crippen molar-refractivity contribution in [3.63, 3.8) is 0 Å². The van der Waals surface area contributed by atoms with Gasteiger partial charge in [-0.25, -0.2) is 0 Å². The highest BCUT2D eigenvalue weighted by atomic mass is 32.2. The maximum atomic E-state index is 13.5. The molecule has 2 aromatic rings. The molecule has 6 rings (SSSR count). The van der Waals surface area contributed by atoms with Crippen molar-refractivity contribution in [3.05, 3.63) is 65.9 Å². The zero-order chi connectivity index (χ0) is 23.2. The number of hydrogen-bond donors (Lipinski definition) is 2. The third kappa shape index (κ3) is 4.36. The number of carbonyl (C=O) groups is 1. The first-order valence-electron chi connectivity index (χ1n) is 11.1. The molecule has 0 radical (unpaired) electrons. The van der Waals surface area contributed by atoms with Crippen LogP contribution in [0.2, 0.25) is 0 Å². The molecule has 3 saturated heterocycles. The van der Waals surface area contributed by atoms with Crippen LogP contribution in [0.25, 0.3) is 5.76 Å². The number of anilines is 1. The summed E-state index contributed by atoms with van der Waals surface area (Å²) in [5.41, 5.74) is 1.75. The van der Waals surface area contributed by atoms with Crippen molar-refractivity contribution in [2.75, 3.05) is 24.5 Å². The third-order valence-corrected chi connectivity index (χ3v) is 7.59. The van der Waals surface area contributed by atoms with Crippen molar-refractivity contribution in [2.24, 2.45) is 5.92 Å². The number of fused-ring (bicyclic) bond motifs is 3. The van der Waals surface area contributed by atoms with E-state index in [1.54, 1.807) is 18.3 Å². The van der Waals surface area contributed by atoms with Gasteiger partial charge in [0.25, 0.3) is 22.3 Å². The first-order chi connectivity index (χ1) is 15.8. The SMILES string of the molecule is Cc1ccc(S(=O)(=O)O)c(N2C=C(c3ccccc3)OC2C(=O)N[C@H]2CN3CCC2CC3)c1. The first-order valence-corrected chi connectivity index (χ1v) is 12.6. The summed E-state index contributed by atoms with van der Waals surface area (Å²) >= 11 is 0. The van der Waals surface area contributed by atoms with E-state index in [0.717, 1.165) is 43.6 Å². The van der Waals surface area contributed by atoms with Gasteiger partial charge in [0.15, 0.2) is 0 Å². The van der Waals surface area contributed by atoms with Gasteiger partial charge >= 0.3 is 0 Å². The summed E-state index contributed by atoms with van der Waals surface area (Å²) in [4.78, 5) is 17.0. The molecule has 33 heavy (non-hydrogen) atoms. The maximum Gasteiger partial charge on any atom is 0.296 e. The zero-order valence-corrected chi connectivity index (χ0v) is 19.2. The van der Waals surface area contributed by atoms with Gasteiger partial charge in [-0.15, -0.1) is 0 Å². The first kappa shape index (κ1) is 21.9. The van der Waals surface area contributed by atoms with Crippen LogP contribution in [-0.4, -0.2) is 55.7 Å². The molecule has 2 bridgehead atoms. The van der Waals surface area contributed by atoms with Crippen LogP contribution in [0.15, 0.2) is 59.6 Å². The number of nitrogens with one attached hydrogen (secondary N) is 1. The van der Waals surface area contributed by atoms with Gasteiger partial charge in [-0.1, -0.05) is 36.4 Å². The molecule has 1 unspecified atom stereocenters. The fraction of sp³-hybridized carbons (Fsp3) is 0.375. The number of hydrogen-bond acceptors (Lipinski definition) is 6. The van der Waals surface area contributed by atoms with Crippen LogP contribution in [-0.2, 0) is 19.6 Å². The standard InChI is InChI=1S/C24H27N3O5S/c1-16-7-8-22(33(29,30)31)20(13-16)27-15-21(18-5-3-2-4-6-18)32-24(27)23(28)25-19-14-26-11-9-17(19)10-12-26/h2-8,13,15,17,19,24H,9-12,14H2,1H3,(H,25,28)(H,29,30,31)/t19-,24?/m0/s1. The van der Waals surface area contributed by atoms with Crippen molar-refractivity contribution in [3.8, 4) is 0 Å². The Morgan fingerprint density at radius 2 is 1.85 bits per heavy atom. The van der Waals surface area contributed by atoms with E-state index in [-0.39, 0.29) is 22.5 Å². The van der Waals surface area contributed by atoms with Gasteiger partial charge in [0.05, 0.1) is 11.9 Å². The average molecular weight is 470 g/mol. The predicted octanol–water partition coefficient (Wildman–Crippen LogP) is 2.61. The van der Waals surface area contributed by atoms with E-state index in [9.17, 15) is 17.8 Å². The molecule has 0 saturated carbocycles. The smallest absolute Gasteiger partial charge is 0.296 e. The maximum absolute atomic E-state index is 13.5. The minimum absolute atomic E-state index is 0.0322. The number of ether oxygens (including phenoxy) is 1. The van der Waals surface area contributed by atoms with E-state index < -0.39 is 16.3 Å². The molecule has 0 aromatic heterocycles. The van der Waals surface area contributed by atoms with Crippen LogP contribution >= 0.6 is 0 Å². The molecule has 4 aliphatic rings. The number of aryl methyl sites for hydroxylation is 1. The van der Waals surface area contributed by atoms with Gasteiger partial charge in [-0.3, -0.25) is 14.2 Å². The summed E-state index contributed by atoms with van der Waals surface area (Å²) in [5.74, 6) is 0.550. The molecular formula is C24H27N3O5S. The number of piperidine rings is 3. The van der Waals surface area contributed by atoms with Gasteiger partial charge in [0.2, 0.25) is 0 Å². The van der Waals surface area contributed by atoms with Gasteiger partial charge < -0.3 is 15.0 Å². The van der Waals surface area contributed by atoms with Crippen LogP contribution in [0, 0.1) is 12.8 Å². The van der Waals surface area contributed by atoms with Crippen molar-refractivity contribution < 1.29 is 22.5 Å². The largest absolute Gasteiger partial charge is 0.458 e. The molecule has 3 fully saturated rings. The lowest BCUT2D eigenvalue weighted by Crippen LogP contribution is -2.59. The van der Waals surface area contributed by atoms with Crippen molar-refractivity contribution in [2.45, 2.75) is 36.9 Å². The molecule has 0 aliphatic carbocycles. The lowest BCUT2D eigenvalue weighted by atomic mass is 9.84. The fourth-order valence-electron chi connectivity index (χ4n) is 4.95. The lowest BCUT2D eigenvalue weighted by molar-refractivity contribution is -0.130. The number of rotatable bonds is 5. The third-order valence-electron chi connectivity index (χ3n) is 6.68. The average Bonchev–Trinajstić information content (AvgIpc) is 3.25. The molecule has 4 heterocycles. The molecule has 2 atom stereocenters. The van der Waals surface area contributed by atoms with E-state index in [4.69, 9.17) is 4.74 Å². The number of nitrogens with zero attached hydrogens (tertiary/aromatic N) is 2. The Bertz CT molecular complexity index is 1190. The highest BCUT2D eigenvalue weighted by Gasteiger charge is 2.40. The Morgan fingerprint density at radius 1 is 1.12 bits per heavy atom. The van der Waals surface area contributed by atoms with E-state index in [0.29, 0.717) is 11.7 Å². The summed E-state index contributed by atoms with van der Waals surface area (Å²) < 4.78 is 40.2. The fourth-order valence-corrected chi connectivity index (χ4v) is 5.62. The Kier molecular flexibility index (Phi) is 5.64. The number of carbonyl (C=O) groups excluding carboxylic acids is 1. The second-order valence-electron chi connectivity index (χ2n) is 8.94. The van der Waals surface area contributed by atoms with Crippen LogP contribution in [0.3, 0.4) is 0 Å². The summed E-state index contributed by atoms with van der Waals surface area (Å²) in [7, 11) is -4.52. The van der Waals surface area contributed by atoms with Gasteiger partial charge in [-0.05, 0) is 56.5 Å². The Morgan fingerprint density at radius 3 is 2.48 bits per heavy atom. The highest BCUT2D eigenvalue weighted by molar-refractivity contribution is 7.86. The van der Waals surface area contributed by atoms with Crippen LogP contribution in [0.5, 0.6) is 0 Å². The van der Waals surface area contributed by atoms with Crippen LogP contribution in [0.4, 0.5) is 5.69 Å². The van der Waals surface area contributed by atoms with Gasteiger partial charge in [0.1, 0.15) is 10.7 Å². The molecule has 1 amide bonds. The van der Waals surface area contributed by atoms with E-state index in [1.165, 1.54) is 11.0 Å². The van der Waals surface area contributed by atoms with Crippen LogP contribution in [0.1, 0.15) is 24.0 Å². The predicted molar refractivity (Wildman–Crippen MR) is 124 cm³/mol. The van der Waals surface area contributed by atoms with E-state index in [2.05, 4.69) is 10.2 Å². The minimum Gasteiger partial charge on any atom is -0.458 e. The summed E-state index contributed by atoms with van der Waals surface area (Å²) in [6.45, 7) is 4.74. The van der Waals surface area contributed by atoms with E-state index >= 15 is 0 Å².